The summed E-state index contributed by atoms with van der Waals surface area (Å²) in [5.41, 5.74) is -0.614. The average molecular weight is 245 g/mol. The van der Waals surface area contributed by atoms with Crippen molar-refractivity contribution < 1.29 is 18.0 Å². The van der Waals surface area contributed by atoms with Gasteiger partial charge in [0.25, 0.3) is 0 Å². The van der Waals surface area contributed by atoms with Crippen molar-refractivity contribution in [2.24, 2.45) is 0 Å². The zero-order valence-corrected chi connectivity index (χ0v) is 9.90. The van der Waals surface area contributed by atoms with Gasteiger partial charge in [0.05, 0.1) is 6.42 Å². The van der Waals surface area contributed by atoms with E-state index >= 15 is 0 Å². The van der Waals surface area contributed by atoms with Gasteiger partial charge in [-0.25, -0.2) is 13.2 Å². The van der Waals surface area contributed by atoms with Gasteiger partial charge in [0.15, 0.2) is 17.5 Å². The molecule has 0 aromatic heterocycles. The molecule has 0 atom stereocenters. The highest BCUT2D eigenvalue weighted by Crippen LogP contribution is 2.15. The molecule has 0 aliphatic heterocycles. The predicted molar refractivity (Wildman–Crippen MR) is 57.9 cm³/mol. The molecule has 1 aromatic carbocycles. The van der Waals surface area contributed by atoms with E-state index in [1.54, 1.807) is 20.8 Å². The first-order valence-corrected chi connectivity index (χ1v) is 5.14. The quantitative estimate of drug-likeness (QED) is 0.797. The third kappa shape index (κ3) is 3.76. The second-order valence-corrected chi connectivity index (χ2v) is 4.81. The van der Waals surface area contributed by atoms with Gasteiger partial charge in [-0.2, -0.15) is 0 Å². The fourth-order valence-corrected chi connectivity index (χ4v) is 1.34. The summed E-state index contributed by atoms with van der Waals surface area (Å²) in [5.74, 6) is -4.56. The summed E-state index contributed by atoms with van der Waals surface area (Å²) < 4.78 is 38.8. The summed E-state index contributed by atoms with van der Waals surface area (Å²) in [4.78, 5) is 11.5. The van der Waals surface area contributed by atoms with E-state index in [1.807, 2.05) is 0 Å². The van der Waals surface area contributed by atoms with E-state index < -0.39 is 28.9 Å². The van der Waals surface area contributed by atoms with Crippen molar-refractivity contribution in [1.82, 2.24) is 5.32 Å². The van der Waals surface area contributed by atoms with Gasteiger partial charge in [-0.1, -0.05) is 6.07 Å². The van der Waals surface area contributed by atoms with Crippen LogP contribution < -0.4 is 5.32 Å². The van der Waals surface area contributed by atoms with Crippen LogP contribution in [0.4, 0.5) is 13.2 Å². The molecule has 0 saturated heterocycles. The summed E-state index contributed by atoms with van der Waals surface area (Å²) in [6.45, 7) is 5.31. The molecule has 0 radical (unpaired) electrons. The fourth-order valence-electron chi connectivity index (χ4n) is 1.34. The van der Waals surface area contributed by atoms with E-state index in [0.29, 0.717) is 0 Å². The highest BCUT2D eigenvalue weighted by molar-refractivity contribution is 5.79. The standard InChI is InChI=1S/C12H14F3NO/c1-12(2,3)16-9(17)6-7-4-5-8(13)11(15)10(7)14/h4-5H,6H2,1-3H3,(H,16,17). The van der Waals surface area contributed by atoms with E-state index in [0.717, 1.165) is 12.1 Å². The number of halogens is 3. The third-order valence-electron chi connectivity index (χ3n) is 1.98. The van der Waals surface area contributed by atoms with Crippen molar-refractivity contribution in [2.45, 2.75) is 32.7 Å². The molecule has 0 aliphatic rings. The molecule has 17 heavy (non-hydrogen) atoms. The summed E-state index contributed by atoms with van der Waals surface area (Å²) in [6.07, 6.45) is -0.319. The smallest absolute Gasteiger partial charge is 0.224 e. The highest BCUT2D eigenvalue weighted by Gasteiger charge is 2.18. The number of amides is 1. The second-order valence-electron chi connectivity index (χ2n) is 4.81. The predicted octanol–water partition coefficient (Wildman–Crippen LogP) is 2.56. The van der Waals surface area contributed by atoms with Gasteiger partial charge in [-0.05, 0) is 26.8 Å². The van der Waals surface area contributed by atoms with Gasteiger partial charge in [-0.3, -0.25) is 4.79 Å². The Morgan fingerprint density at radius 3 is 2.29 bits per heavy atom. The van der Waals surface area contributed by atoms with Crippen LogP contribution in [0.25, 0.3) is 0 Å². The minimum Gasteiger partial charge on any atom is -0.351 e. The number of benzene rings is 1. The van der Waals surface area contributed by atoms with E-state index in [1.165, 1.54) is 0 Å². The van der Waals surface area contributed by atoms with E-state index in [2.05, 4.69) is 5.32 Å². The summed E-state index contributed by atoms with van der Waals surface area (Å²) in [6, 6.07) is 1.87. The lowest BCUT2D eigenvalue weighted by Crippen LogP contribution is -2.41. The van der Waals surface area contributed by atoms with Gasteiger partial charge < -0.3 is 5.32 Å². The summed E-state index contributed by atoms with van der Waals surface area (Å²) in [7, 11) is 0. The van der Waals surface area contributed by atoms with Crippen molar-refractivity contribution in [3.05, 3.63) is 35.1 Å². The van der Waals surface area contributed by atoms with Crippen molar-refractivity contribution in [3.8, 4) is 0 Å². The maximum absolute atomic E-state index is 13.3. The van der Waals surface area contributed by atoms with Crippen molar-refractivity contribution in [1.29, 1.82) is 0 Å². The molecule has 0 bridgehead atoms. The molecule has 1 N–H and O–H groups in total. The van der Waals surface area contributed by atoms with E-state index in [4.69, 9.17) is 0 Å². The van der Waals surface area contributed by atoms with Crippen LogP contribution in [0.3, 0.4) is 0 Å². The van der Waals surface area contributed by atoms with Crippen LogP contribution >= 0.6 is 0 Å². The Morgan fingerprint density at radius 1 is 1.18 bits per heavy atom. The zero-order valence-electron chi connectivity index (χ0n) is 9.90. The average Bonchev–Trinajstić information content (AvgIpc) is 2.16. The minimum atomic E-state index is -1.55. The number of rotatable bonds is 2. The van der Waals surface area contributed by atoms with Gasteiger partial charge in [-0.15, -0.1) is 0 Å². The lowest BCUT2D eigenvalue weighted by molar-refractivity contribution is -0.121. The van der Waals surface area contributed by atoms with Crippen molar-refractivity contribution in [2.75, 3.05) is 0 Å². The number of carbonyl (C=O) groups is 1. The normalized spacial score (nSPS) is 11.4. The molecule has 1 amide bonds. The van der Waals surface area contributed by atoms with Gasteiger partial charge >= 0.3 is 0 Å². The number of hydrogen-bond acceptors (Lipinski definition) is 1. The van der Waals surface area contributed by atoms with E-state index in [9.17, 15) is 18.0 Å². The molecular formula is C12H14F3NO. The maximum atomic E-state index is 13.3. The van der Waals surface area contributed by atoms with Gasteiger partial charge in [0.2, 0.25) is 5.91 Å². The Labute approximate surface area is 97.8 Å². The topological polar surface area (TPSA) is 29.1 Å². The molecule has 0 spiro atoms. The number of nitrogens with one attached hydrogen (secondary N) is 1. The molecule has 0 heterocycles. The third-order valence-corrected chi connectivity index (χ3v) is 1.98. The lowest BCUT2D eigenvalue weighted by Gasteiger charge is -2.20. The van der Waals surface area contributed by atoms with Crippen molar-refractivity contribution >= 4 is 5.91 Å². The Hall–Kier alpha value is -1.52. The van der Waals surface area contributed by atoms with Crippen LogP contribution in [0, 0.1) is 17.5 Å². The molecule has 2 nitrogen and oxygen atoms in total. The summed E-state index contributed by atoms with van der Waals surface area (Å²) >= 11 is 0. The largest absolute Gasteiger partial charge is 0.351 e. The first-order valence-electron chi connectivity index (χ1n) is 5.14. The molecule has 0 fully saturated rings. The Balaban J connectivity index is 2.83. The molecule has 5 heteroatoms. The van der Waals surface area contributed by atoms with Crippen LogP contribution in [0.15, 0.2) is 12.1 Å². The highest BCUT2D eigenvalue weighted by atomic mass is 19.2. The SMILES string of the molecule is CC(C)(C)NC(=O)Cc1ccc(F)c(F)c1F. The van der Waals surface area contributed by atoms with Crippen LogP contribution in [0.5, 0.6) is 0 Å². The maximum Gasteiger partial charge on any atom is 0.224 e. The minimum absolute atomic E-state index is 0.161. The van der Waals surface area contributed by atoms with Crippen molar-refractivity contribution in [3.63, 3.8) is 0 Å². The van der Waals surface area contributed by atoms with Crippen LogP contribution in [0.2, 0.25) is 0 Å². The van der Waals surface area contributed by atoms with Gasteiger partial charge in [0.1, 0.15) is 0 Å². The lowest BCUT2D eigenvalue weighted by atomic mass is 10.1. The molecule has 0 unspecified atom stereocenters. The summed E-state index contributed by atoms with van der Waals surface area (Å²) in [5, 5.41) is 2.61. The molecule has 1 rings (SSSR count). The Kier molecular flexibility index (Phi) is 3.80. The molecule has 1 aromatic rings. The molecule has 0 saturated carbocycles. The Morgan fingerprint density at radius 2 is 1.76 bits per heavy atom. The fraction of sp³-hybridized carbons (Fsp3) is 0.417. The van der Waals surface area contributed by atoms with Crippen LogP contribution in [-0.4, -0.2) is 11.4 Å². The first kappa shape index (κ1) is 13.5. The zero-order chi connectivity index (χ0) is 13.2. The molecule has 94 valence electrons. The monoisotopic (exact) mass is 245 g/mol. The number of hydrogen-bond donors (Lipinski definition) is 1. The van der Waals surface area contributed by atoms with Gasteiger partial charge in [0, 0.05) is 11.1 Å². The van der Waals surface area contributed by atoms with E-state index in [-0.39, 0.29) is 12.0 Å². The Bertz CT molecular complexity index is 438. The van der Waals surface area contributed by atoms with Crippen LogP contribution in [0.1, 0.15) is 26.3 Å². The van der Waals surface area contributed by atoms with Crippen LogP contribution in [-0.2, 0) is 11.2 Å². The number of carbonyl (C=O) groups excluding carboxylic acids is 1. The molecular weight excluding hydrogens is 231 g/mol. The second kappa shape index (κ2) is 4.77. The first-order chi connectivity index (χ1) is 7.70. The molecule has 0 aliphatic carbocycles.